The van der Waals surface area contributed by atoms with Gasteiger partial charge in [0.1, 0.15) is 18.1 Å². The van der Waals surface area contributed by atoms with Crippen LogP contribution in [0, 0.1) is 0 Å². The van der Waals surface area contributed by atoms with Gasteiger partial charge in [-0.25, -0.2) is 4.79 Å². The number of nitrogens with two attached hydrogens (primary N) is 1. The number of nitrogens with one attached hydrogen (secondary N) is 4. The second-order valence-electron chi connectivity index (χ2n) is 6.77. The number of thiol groups is 1. The van der Waals surface area contributed by atoms with E-state index in [2.05, 4.69) is 33.6 Å². The Bertz CT molecular complexity index is 949. The lowest BCUT2D eigenvalue weighted by Crippen LogP contribution is -2.55. The maximum Gasteiger partial charge on any atom is 0.326 e. The van der Waals surface area contributed by atoms with Crippen molar-refractivity contribution in [2.75, 3.05) is 18.9 Å². The first kappa shape index (κ1) is 24.2. The van der Waals surface area contributed by atoms with Crippen LogP contribution in [-0.4, -0.2) is 75.9 Å². The Hall–Kier alpha value is -3.09. The van der Waals surface area contributed by atoms with Gasteiger partial charge >= 0.3 is 5.97 Å². The number of aliphatic hydroxyl groups excluding tert-OH is 1. The van der Waals surface area contributed by atoms with Gasteiger partial charge in [0.05, 0.1) is 13.2 Å². The normalized spacial score (nSPS) is 13.8. The lowest BCUT2D eigenvalue weighted by atomic mass is 10.0. The number of hydrogen-bond acceptors (Lipinski definition) is 7. The van der Waals surface area contributed by atoms with E-state index in [0.717, 1.165) is 16.5 Å². The fraction of sp³-hybridized carbons (Fsp3) is 0.368. The van der Waals surface area contributed by atoms with E-state index in [1.165, 1.54) is 0 Å². The summed E-state index contributed by atoms with van der Waals surface area (Å²) < 4.78 is 0. The largest absolute Gasteiger partial charge is 0.480 e. The standard InChI is InChI=1S/C19H25N5O6S/c20-12(8-25)17(27)22-7-16(26)23-15(9-31)18(28)24-14(19(29)30)5-10-6-21-13-4-2-1-3-11(10)13/h1-4,6,12,14-15,21,25,31H,5,7-9,20H2,(H,22,27)(H,23,26)(H,24,28)(H,29,30). The maximum atomic E-state index is 12.5. The van der Waals surface area contributed by atoms with Crippen LogP contribution in [0.15, 0.2) is 30.5 Å². The smallest absolute Gasteiger partial charge is 0.326 e. The molecule has 11 nitrogen and oxygen atoms in total. The molecule has 1 heterocycles. The van der Waals surface area contributed by atoms with Crippen molar-refractivity contribution < 1.29 is 29.4 Å². The average molecular weight is 452 g/mol. The topological polar surface area (TPSA) is 187 Å². The summed E-state index contributed by atoms with van der Waals surface area (Å²) in [4.78, 5) is 50.7. The van der Waals surface area contributed by atoms with Crippen molar-refractivity contribution in [3.05, 3.63) is 36.0 Å². The van der Waals surface area contributed by atoms with Gasteiger partial charge in [-0.3, -0.25) is 14.4 Å². The molecular weight excluding hydrogens is 426 g/mol. The minimum absolute atomic E-state index is 0.0351. The third-order valence-electron chi connectivity index (χ3n) is 4.50. The number of H-pyrrole nitrogens is 1. The Labute approximate surface area is 183 Å². The monoisotopic (exact) mass is 451 g/mol. The van der Waals surface area contributed by atoms with E-state index in [1.54, 1.807) is 6.20 Å². The highest BCUT2D eigenvalue weighted by atomic mass is 32.1. The summed E-state index contributed by atoms with van der Waals surface area (Å²) in [6, 6.07) is 3.85. The number of fused-ring (bicyclic) bond motifs is 1. The molecule has 0 saturated heterocycles. The summed E-state index contributed by atoms with van der Waals surface area (Å²) in [5.74, 6) is -3.48. The number of para-hydroxylation sites is 1. The molecule has 1 aromatic carbocycles. The molecule has 3 unspecified atom stereocenters. The summed E-state index contributed by atoms with van der Waals surface area (Å²) >= 11 is 4.03. The third kappa shape index (κ3) is 6.70. The van der Waals surface area contributed by atoms with E-state index in [-0.39, 0.29) is 12.2 Å². The number of carboxylic acids is 1. The van der Waals surface area contributed by atoms with Gasteiger partial charge in [0.2, 0.25) is 17.7 Å². The Morgan fingerprint density at radius 1 is 1.10 bits per heavy atom. The van der Waals surface area contributed by atoms with Crippen LogP contribution in [0.2, 0.25) is 0 Å². The molecule has 0 fully saturated rings. The van der Waals surface area contributed by atoms with Crippen molar-refractivity contribution in [2.45, 2.75) is 24.5 Å². The predicted molar refractivity (Wildman–Crippen MR) is 115 cm³/mol. The molecule has 0 aliphatic rings. The first-order chi connectivity index (χ1) is 14.8. The number of carboxylic acid groups (broad SMARTS) is 1. The minimum atomic E-state index is -1.23. The van der Waals surface area contributed by atoms with E-state index in [1.807, 2.05) is 24.3 Å². The lowest BCUT2D eigenvalue weighted by Gasteiger charge is -2.20. The molecule has 1 aromatic heterocycles. The van der Waals surface area contributed by atoms with Crippen molar-refractivity contribution in [2.24, 2.45) is 5.73 Å². The first-order valence-electron chi connectivity index (χ1n) is 9.39. The molecule has 8 N–H and O–H groups in total. The molecule has 0 bridgehead atoms. The molecule has 2 rings (SSSR count). The number of aliphatic carboxylic acids is 1. The van der Waals surface area contributed by atoms with Crippen LogP contribution in [0.4, 0.5) is 0 Å². The van der Waals surface area contributed by atoms with Crippen LogP contribution in [-0.2, 0) is 25.6 Å². The van der Waals surface area contributed by atoms with E-state index in [4.69, 9.17) is 10.8 Å². The number of aliphatic hydroxyl groups is 1. The van der Waals surface area contributed by atoms with E-state index in [0.29, 0.717) is 0 Å². The molecule has 2 aromatic rings. The summed E-state index contributed by atoms with van der Waals surface area (Å²) in [5.41, 5.74) is 6.89. The predicted octanol–water partition coefficient (Wildman–Crippen LogP) is -1.87. The second-order valence-corrected chi connectivity index (χ2v) is 7.14. The van der Waals surface area contributed by atoms with Gasteiger partial charge in [-0.2, -0.15) is 12.6 Å². The van der Waals surface area contributed by atoms with Gasteiger partial charge in [-0.1, -0.05) is 18.2 Å². The number of carbonyl (C=O) groups excluding carboxylic acids is 3. The van der Waals surface area contributed by atoms with E-state index >= 15 is 0 Å². The molecular formula is C19H25N5O6S. The third-order valence-corrected chi connectivity index (χ3v) is 4.87. The highest BCUT2D eigenvalue weighted by Gasteiger charge is 2.27. The van der Waals surface area contributed by atoms with E-state index in [9.17, 15) is 24.3 Å². The molecule has 0 aliphatic heterocycles. The highest BCUT2D eigenvalue weighted by molar-refractivity contribution is 7.80. The zero-order valence-corrected chi connectivity index (χ0v) is 17.4. The van der Waals surface area contributed by atoms with Crippen LogP contribution in [0.25, 0.3) is 10.9 Å². The number of hydrogen-bond donors (Lipinski definition) is 8. The first-order valence-corrected chi connectivity index (χ1v) is 10.0. The van der Waals surface area contributed by atoms with Crippen molar-refractivity contribution in [3.63, 3.8) is 0 Å². The molecule has 0 spiro atoms. The zero-order chi connectivity index (χ0) is 23.0. The Balaban J connectivity index is 1.97. The Kier molecular flexibility index (Phi) is 8.85. The number of aromatic nitrogens is 1. The summed E-state index contributed by atoms with van der Waals surface area (Å²) in [7, 11) is 0. The SMILES string of the molecule is NC(CO)C(=O)NCC(=O)NC(CS)C(=O)NC(Cc1c[nH]c2ccccc12)C(=O)O. The van der Waals surface area contributed by atoms with Crippen molar-refractivity contribution in [3.8, 4) is 0 Å². The number of benzene rings is 1. The van der Waals surface area contributed by atoms with Gasteiger partial charge < -0.3 is 36.9 Å². The zero-order valence-electron chi connectivity index (χ0n) is 16.5. The quantitative estimate of drug-likeness (QED) is 0.184. The van der Waals surface area contributed by atoms with Gasteiger partial charge in [0, 0.05) is 29.3 Å². The molecule has 0 saturated carbocycles. The lowest BCUT2D eigenvalue weighted by molar-refractivity contribution is -0.142. The maximum absolute atomic E-state index is 12.5. The van der Waals surface area contributed by atoms with Gasteiger partial charge in [-0.15, -0.1) is 0 Å². The number of aromatic amines is 1. The van der Waals surface area contributed by atoms with Crippen LogP contribution in [0.5, 0.6) is 0 Å². The number of rotatable bonds is 11. The molecule has 0 radical (unpaired) electrons. The summed E-state index contributed by atoms with van der Waals surface area (Å²) in [6.45, 7) is -1.05. The average Bonchev–Trinajstić information content (AvgIpc) is 3.17. The van der Waals surface area contributed by atoms with Gasteiger partial charge in [0.25, 0.3) is 0 Å². The summed E-state index contributed by atoms with van der Waals surface area (Å²) in [5, 5.41) is 26.2. The fourth-order valence-electron chi connectivity index (χ4n) is 2.81. The van der Waals surface area contributed by atoms with Gasteiger partial charge in [0.15, 0.2) is 0 Å². The van der Waals surface area contributed by atoms with Crippen LogP contribution in [0.1, 0.15) is 5.56 Å². The minimum Gasteiger partial charge on any atom is -0.480 e. The van der Waals surface area contributed by atoms with Gasteiger partial charge in [-0.05, 0) is 11.6 Å². The number of amides is 3. The number of carbonyl (C=O) groups is 4. The van der Waals surface area contributed by atoms with Crippen LogP contribution >= 0.6 is 12.6 Å². The molecule has 31 heavy (non-hydrogen) atoms. The van der Waals surface area contributed by atoms with Crippen molar-refractivity contribution in [1.29, 1.82) is 0 Å². The molecule has 12 heteroatoms. The fourth-order valence-corrected chi connectivity index (χ4v) is 3.07. The van der Waals surface area contributed by atoms with Crippen molar-refractivity contribution in [1.82, 2.24) is 20.9 Å². The molecule has 3 atom stereocenters. The van der Waals surface area contributed by atoms with Crippen LogP contribution in [0.3, 0.4) is 0 Å². The van der Waals surface area contributed by atoms with E-state index < -0.39 is 55.0 Å². The second kappa shape index (κ2) is 11.3. The van der Waals surface area contributed by atoms with Crippen molar-refractivity contribution >= 4 is 47.2 Å². The molecule has 3 amide bonds. The molecule has 0 aliphatic carbocycles. The highest BCUT2D eigenvalue weighted by Crippen LogP contribution is 2.19. The molecule has 168 valence electrons. The van der Waals surface area contributed by atoms with Crippen LogP contribution < -0.4 is 21.7 Å². The summed E-state index contributed by atoms with van der Waals surface area (Å²) in [6.07, 6.45) is 1.72. The Morgan fingerprint density at radius 3 is 2.45 bits per heavy atom. The Morgan fingerprint density at radius 2 is 1.81 bits per heavy atom.